The second-order valence-electron chi connectivity index (χ2n) is 9.10. The minimum absolute atomic E-state index is 0.0198. The van der Waals surface area contributed by atoms with Gasteiger partial charge in [0.25, 0.3) is 0 Å². The number of nitrogens with one attached hydrogen (secondary N) is 2. The molecular weight excluding hydrogens is 356 g/mol. The number of hydrogen-bond donors (Lipinski definition) is 2. The average Bonchev–Trinajstić information content (AvgIpc) is 2.61. The third-order valence-electron chi connectivity index (χ3n) is 6.06. The summed E-state index contributed by atoms with van der Waals surface area (Å²) in [7, 11) is 1.67. The molecule has 2 N–H and O–H groups in total. The number of fused-ring (bicyclic) bond motifs is 2. The van der Waals surface area contributed by atoms with Crippen molar-refractivity contribution in [3.05, 3.63) is 0 Å². The van der Waals surface area contributed by atoms with Crippen molar-refractivity contribution in [1.82, 2.24) is 10.6 Å². The molecule has 2 unspecified atom stereocenters. The molecule has 0 aliphatic heterocycles. The lowest BCUT2D eigenvalue weighted by molar-refractivity contribution is 0.0240. The molecule has 6 nitrogen and oxygen atoms in total. The molecule has 2 fully saturated rings. The molecule has 0 saturated heterocycles. The molecule has 0 aromatic carbocycles. The minimum Gasteiger partial charge on any atom is -0.382 e. The maximum absolute atomic E-state index is 12.4. The van der Waals surface area contributed by atoms with Gasteiger partial charge in [0.05, 0.1) is 26.4 Å². The van der Waals surface area contributed by atoms with Crippen molar-refractivity contribution in [1.29, 1.82) is 0 Å². The third-order valence-corrected chi connectivity index (χ3v) is 6.06. The molecule has 2 amide bonds. The highest BCUT2D eigenvalue weighted by molar-refractivity contribution is 5.74. The summed E-state index contributed by atoms with van der Waals surface area (Å²) >= 11 is 0. The average molecular weight is 399 g/mol. The quantitative estimate of drug-likeness (QED) is 0.464. The number of carbonyl (C=O) groups excluding carboxylic acids is 1. The van der Waals surface area contributed by atoms with Crippen LogP contribution in [0.25, 0.3) is 0 Å². The summed E-state index contributed by atoms with van der Waals surface area (Å²) < 4.78 is 15.8. The molecule has 6 heteroatoms. The van der Waals surface area contributed by atoms with Crippen molar-refractivity contribution >= 4 is 6.03 Å². The maximum Gasteiger partial charge on any atom is 0.315 e. The fraction of sp³-hybridized carbons (Fsp3) is 0.955. The normalized spacial score (nSPS) is 29.5. The number of amides is 2. The molecule has 164 valence electrons. The second-order valence-corrected chi connectivity index (χ2v) is 9.10. The second kappa shape index (κ2) is 12.7. The molecule has 2 saturated carbocycles. The van der Waals surface area contributed by atoms with E-state index in [-0.39, 0.29) is 11.6 Å². The summed E-state index contributed by atoms with van der Waals surface area (Å²) in [4.78, 5) is 12.4. The van der Waals surface area contributed by atoms with Crippen molar-refractivity contribution in [2.45, 2.75) is 70.8 Å². The Kier molecular flexibility index (Phi) is 10.6. The maximum atomic E-state index is 12.4. The van der Waals surface area contributed by atoms with Crippen LogP contribution in [0.15, 0.2) is 0 Å². The van der Waals surface area contributed by atoms with Crippen LogP contribution in [-0.4, -0.2) is 58.3 Å². The Morgan fingerprint density at radius 2 is 1.54 bits per heavy atom. The monoisotopic (exact) mass is 398 g/mol. The molecule has 2 aliphatic rings. The Hall–Kier alpha value is -0.850. The molecule has 0 aromatic rings. The van der Waals surface area contributed by atoms with Gasteiger partial charge in [-0.15, -0.1) is 0 Å². The van der Waals surface area contributed by atoms with Gasteiger partial charge >= 0.3 is 6.03 Å². The van der Waals surface area contributed by atoms with E-state index in [0.717, 1.165) is 63.0 Å². The third kappa shape index (κ3) is 8.66. The molecule has 2 atom stereocenters. The number of carbonyl (C=O) groups is 1. The van der Waals surface area contributed by atoms with E-state index in [9.17, 15) is 4.79 Å². The van der Waals surface area contributed by atoms with Gasteiger partial charge in [0.15, 0.2) is 0 Å². The zero-order chi connectivity index (χ0) is 20.2. The SMILES string of the molecule is COCCOCCOCCCCCNC(=O)NC12CC(C)CC(CC(C)C1)C2. The van der Waals surface area contributed by atoms with Crippen LogP contribution in [0.2, 0.25) is 0 Å². The van der Waals surface area contributed by atoms with Gasteiger partial charge in [-0.3, -0.25) is 0 Å². The summed E-state index contributed by atoms with van der Waals surface area (Å²) in [6.07, 6.45) is 9.16. The van der Waals surface area contributed by atoms with E-state index in [1.54, 1.807) is 7.11 Å². The molecule has 0 radical (unpaired) electrons. The molecule has 2 aliphatic carbocycles. The summed E-state index contributed by atoms with van der Waals surface area (Å²) in [5, 5.41) is 6.43. The van der Waals surface area contributed by atoms with Gasteiger partial charge < -0.3 is 24.8 Å². The highest BCUT2D eigenvalue weighted by Gasteiger charge is 2.44. The van der Waals surface area contributed by atoms with Gasteiger partial charge in [-0.05, 0) is 69.1 Å². The van der Waals surface area contributed by atoms with Crippen LogP contribution < -0.4 is 10.6 Å². The van der Waals surface area contributed by atoms with Crippen LogP contribution in [0.5, 0.6) is 0 Å². The van der Waals surface area contributed by atoms with Gasteiger partial charge in [-0.2, -0.15) is 0 Å². The number of hydrogen-bond acceptors (Lipinski definition) is 4. The number of urea groups is 1. The highest BCUT2D eigenvalue weighted by atomic mass is 16.5. The van der Waals surface area contributed by atoms with Crippen LogP contribution in [-0.2, 0) is 14.2 Å². The van der Waals surface area contributed by atoms with Crippen LogP contribution in [0.4, 0.5) is 4.79 Å². The summed E-state index contributed by atoms with van der Waals surface area (Å²) in [6.45, 7) is 8.65. The molecule has 0 aromatic heterocycles. The Morgan fingerprint density at radius 3 is 2.21 bits per heavy atom. The van der Waals surface area contributed by atoms with E-state index in [4.69, 9.17) is 14.2 Å². The van der Waals surface area contributed by atoms with Crippen LogP contribution in [0.3, 0.4) is 0 Å². The largest absolute Gasteiger partial charge is 0.382 e. The number of methoxy groups -OCH3 is 1. The summed E-state index contributed by atoms with van der Waals surface area (Å²) in [6, 6.07) is 0.0198. The van der Waals surface area contributed by atoms with Crippen LogP contribution in [0, 0.1) is 17.8 Å². The van der Waals surface area contributed by atoms with Gasteiger partial charge in [-0.25, -0.2) is 4.79 Å². The van der Waals surface area contributed by atoms with E-state index in [1.807, 2.05) is 0 Å². The fourth-order valence-corrected chi connectivity index (χ4v) is 5.31. The Morgan fingerprint density at radius 1 is 0.893 bits per heavy atom. The first kappa shape index (κ1) is 23.4. The number of rotatable bonds is 13. The van der Waals surface area contributed by atoms with Gasteiger partial charge in [-0.1, -0.05) is 13.8 Å². The zero-order valence-electron chi connectivity index (χ0n) is 18.3. The predicted molar refractivity (Wildman–Crippen MR) is 112 cm³/mol. The number of unbranched alkanes of at least 4 members (excludes halogenated alkanes) is 2. The predicted octanol–water partition coefficient (Wildman–Crippen LogP) is 3.74. The first-order valence-electron chi connectivity index (χ1n) is 11.2. The van der Waals surface area contributed by atoms with E-state index in [0.29, 0.717) is 26.4 Å². The van der Waals surface area contributed by atoms with Crippen molar-refractivity contribution in [3.63, 3.8) is 0 Å². The molecule has 0 heterocycles. The topological polar surface area (TPSA) is 68.8 Å². The van der Waals surface area contributed by atoms with E-state index < -0.39 is 0 Å². The molecule has 2 bridgehead atoms. The Labute approximate surface area is 171 Å². The molecule has 2 rings (SSSR count). The lowest BCUT2D eigenvalue weighted by Crippen LogP contribution is -2.58. The highest BCUT2D eigenvalue weighted by Crippen LogP contribution is 2.47. The summed E-state index contributed by atoms with van der Waals surface area (Å²) in [5.41, 5.74) is 0.0310. The zero-order valence-corrected chi connectivity index (χ0v) is 18.3. The van der Waals surface area contributed by atoms with Crippen molar-refractivity contribution < 1.29 is 19.0 Å². The van der Waals surface area contributed by atoms with E-state index in [1.165, 1.54) is 19.3 Å². The molecular formula is C22H42N2O4. The standard InChI is InChI=1S/C22H42N2O4/c1-18-13-20-14-19(2)16-22(15-18,17-20)24-21(25)23-7-5-4-6-8-27-11-12-28-10-9-26-3/h18-20H,4-17H2,1-3H3,(H2,23,24,25). The van der Waals surface area contributed by atoms with Crippen LogP contribution in [0.1, 0.15) is 65.2 Å². The first-order valence-corrected chi connectivity index (χ1v) is 11.2. The van der Waals surface area contributed by atoms with Crippen LogP contribution >= 0.6 is 0 Å². The Bertz CT molecular complexity index is 427. The minimum atomic E-state index is 0.0198. The van der Waals surface area contributed by atoms with Crippen molar-refractivity contribution in [2.24, 2.45) is 17.8 Å². The number of ether oxygens (including phenoxy) is 3. The van der Waals surface area contributed by atoms with Crippen molar-refractivity contribution in [2.75, 3.05) is 46.7 Å². The smallest absolute Gasteiger partial charge is 0.315 e. The lowest BCUT2D eigenvalue weighted by Gasteiger charge is -2.50. The van der Waals surface area contributed by atoms with Gasteiger partial charge in [0.2, 0.25) is 0 Å². The van der Waals surface area contributed by atoms with E-state index in [2.05, 4.69) is 24.5 Å². The molecule has 28 heavy (non-hydrogen) atoms. The Balaban J connectivity index is 1.49. The lowest BCUT2D eigenvalue weighted by atomic mass is 9.61. The first-order chi connectivity index (χ1) is 13.5. The van der Waals surface area contributed by atoms with Gasteiger partial charge in [0, 0.05) is 25.8 Å². The molecule has 0 spiro atoms. The van der Waals surface area contributed by atoms with E-state index >= 15 is 0 Å². The van der Waals surface area contributed by atoms with Crippen molar-refractivity contribution in [3.8, 4) is 0 Å². The fourth-order valence-electron chi connectivity index (χ4n) is 5.31. The summed E-state index contributed by atoms with van der Waals surface area (Å²) in [5.74, 6) is 2.23. The van der Waals surface area contributed by atoms with Gasteiger partial charge in [0.1, 0.15) is 0 Å².